The largest absolute Gasteiger partial charge is 0.385 e. The summed E-state index contributed by atoms with van der Waals surface area (Å²) in [6.45, 7) is 2.36. The fraction of sp³-hybridized carbons (Fsp3) is 0.833. The van der Waals surface area contributed by atoms with Crippen molar-refractivity contribution in [3.05, 3.63) is 0 Å². The lowest BCUT2D eigenvalue weighted by Gasteiger charge is -2.28. The van der Waals surface area contributed by atoms with E-state index >= 15 is 0 Å². The van der Waals surface area contributed by atoms with Gasteiger partial charge in [-0.15, -0.1) is 12.4 Å². The number of nitrogens with one attached hydrogen (secondary N) is 1. The zero-order valence-electron chi connectivity index (χ0n) is 6.54. The van der Waals surface area contributed by atoms with Gasteiger partial charge in [0.15, 0.2) is 0 Å². The standard InChI is InChI=1S/C6H13N3O.ClH/c1-9-2-3-10-5(4-9)6(7)8;/h5H,2-4H2,1H3,(H3,7,8);1H. The van der Waals surface area contributed by atoms with Crippen molar-refractivity contribution >= 4 is 18.2 Å². The zero-order chi connectivity index (χ0) is 7.56. The highest BCUT2D eigenvalue weighted by atomic mass is 35.5. The number of ether oxygens (including phenoxy) is 1. The normalized spacial score (nSPS) is 25.7. The first-order valence-electron chi connectivity index (χ1n) is 3.34. The molecule has 0 radical (unpaired) electrons. The van der Waals surface area contributed by atoms with E-state index in [0.29, 0.717) is 6.61 Å². The van der Waals surface area contributed by atoms with Gasteiger partial charge >= 0.3 is 0 Å². The molecule has 1 unspecified atom stereocenters. The van der Waals surface area contributed by atoms with E-state index in [2.05, 4.69) is 4.90 Å². The van der Waals surface area contributed by atoms with Crippen molar-refractivity contribution in [2.45, 2.75) is 6.10 Å². The maximum atomic E-state index is 7.10. The average molecular weight is 180 g/mol. The van der Waals surface area contributed by atoms with E-state index in [1.807, 2.05) is 7.05 Å². The Morgan fingerprint density at radius 2 is 2.36 bits per heavy atom. The van der Waals surface area contributed by atoms with Crippen LogP contribution in [0.4, 0.5) is 0 Å². The number of likely N-dealkylation sites (N-methyl/N-ethyl adjacent to an activating group) is 1. The van der Waals surface area contributed by atoms with Crippen molar-refractivity contribution < 1.29 is 4.74 Å². The highest BCUT2D eigenvalue weighted by molar-refractivity contribution is 5.85. The quantitative estimate of drug-likeness (QED) is 0.428. The molecule has 1 atom stereocenters. The topological polar surface area (TPSA) is 62.3 Å². The van der Waals surface area contributed by atoms with Crippen LogP contribution in [0.15, 0.2) is 0 Å². The van der Waals surface area contributed by atoms with Gasteiger partial charge in [-0.25, -0.2) is 0 Å². The molecule has 3 N–H and O–H groups in total. The number of hydrogen-bond acceptors (Lipinski definition) is 3. The Hall–Kier alpha value is -0.320. The number of nitrogens with zero attached hydrogens (tertiary/aromatic N) is 1. The first kappa shape index (κ1) is 10.7. The minimum absolute atomic E-state index is 0. The van der Waals surface area contributed by atoms with Crippen LogP contribution in [0, 0.1) is 5.41 Å². The fourth-order valence-corrected chi connectivity index (χ4v) is 0.966. The first-order chi connectivity index (χ1) is 4.70. The average Bonchev–Trinajstić information content (AvgIpc) is 1.88. The SMILES string of the molecule is CN1CCOC(C(=N)N)C1.Cl. The molecule has 5 heteroatoms. The van der Waals surface area contributed by atoms with Gasteiger partial charge in [-0.1, -0.05) is 0 Å². The van der Waals surface area contributed by atoms with Crippen LogP contribution in [-0.2, 0) is 4.74 Å². The van der Waals surface area contributed by atoms with Gasteiger partial charge in [0.1, 0.15) is 11.9 Å². The highest BCUT2D eigenvalue weighted by Gasteiger charge is 2.19. The Morgan fingerprint density at radius 3 is 2.73 bits per heavy atom. The maximum absolute atomic E-state index is 7.10. The lowest BCUT2D eigenvalue weighted by molar-refractivity contribution is 0.0164. The Kier molecular flexibility index (Phi) is 4.40. The van der Waals surface area contributed by atoms with Crippen molar-refractivity contribution in [2.75, 3.05) is 26.7 Å². The van der Waals surface area contributed by atoms with E-state index in [1.165, 1.54) is 0 Å². The first-order valence-corrected chi connectivity index (χ1v) is 3.34. The van der Waals surface area contributed by atoms with Gasteiger partial charge in [-0.3, -0.25) is 5.41 Å². The molecule has 0 aromatic rings. The van der Waals surface area contributed by atoms with Crippen LogP contribution < -0.4 is 5.73 Å². The molecular weight excluding hydrogens is 166 g/mol. The zero-order valence-corrected chi connectivity index (χ0v) is 7.36. The molecule has 0 aromatic carbocycles. The van der Waals surface area contributed by atoms with Gasteiger partial charge in [0.25, 0.3) is 0 Å². The minimum atomic E-state index is -0.182. The van der Waals surface area contributed by atoms with Crippen molar-refractivity contribution in [3.63, 3.8) is 0 Å². The van der Waals surface area contributed by atoms with Gasteiger partial charge < -0.3 is 15.4 Å². The van der Waals surface area contributed by atoms with Gasteiger partial charge in [0, 0.05) is 13.1 Å². The second kappa shape index (κ2) is 4.54. The molecule has 1 heterocycles. The van der Waals surface area contributed by atoms with E-state index in [0.717, 1.165) is 13.1 Å². The Balaban J connectivity index is 0.000001000. The van der Waals surface area contributed by atoms with Crippen LogP contribution in [0.3, 0.4) is 0 Å². The third kappa shape index (κ3) is 3.05. The molecule has 0 aromatic heterocycles. The number of rotatable bonds is 1. The van der Waals surface area contributed by atoms with E-state index in [-0.39, 0.29) is 24.3 Å². The molecule has 1 fully saturated rings. The van der Waals surface area contributed by atoms with Crippen LogP contribution >= 0.6 is 12.4 Å². The molecule has 4 nitrogen and oxygen atoms in total. The Morgan fingerprint density at radius 1 is 1.73 bits per heavy atom. The summed E-state index contributed by atoms with van der Waals surface area (Å²) >= 11 is 0. The lowest BCUT2D eigenvalue weighted by atomic mass is 10.3. The summed E-state index contributed by atoms with van der Waals surface area (Å²) in [6, 6.07) is 0. The van der Waals surface area contributed by atoms with Crippen molar-refractivity contribution in [1.29, 1.82) is 5.41 Å². The van der Waals surface area contributed by atoms with E-state index in [9.17, 15) is 0 Å². The molecule has 1 aliphatic heterocycles. The Labute approximate surface area is 72.6 Å². The smallest absolute Gasteiger partial charge is 0.127 e. The van der Waals surface area contributed by atoms with Crippen molar-refractivity contribution in [1.82, 2.24) is 4.90 Å². The van der Waals surface area contributed by atoms with Crippen LogP contribution in [-0.4, -0.2) is 43.6 Å². The van der Waals surface area contributed by atoms with Gasteiger partial charge in [0.2, 0.25) is 0 Å². The maximum Gasteiger partial charge on any atom is 0.127 e. The van der Waals surface area contributed by atoms with Crippen LogP contribution in [0.2, 0.25) is 0 Å². The molecule has 1 aliphatic rings. The van der Waals surface area contributed by atoms with E-state index in [4.69, 9.17) is 15.9 Å². The predicted molar refractivity (Wildman–Crippen MR) is 46.4 cm³/mol. The summed E-state index contributed by atoms with van der Waals surface area (Å²) in [7, 11) is 2.00. The highest BCUT2D eigenvalue weighted by Crippen LogP contribution is 2.01. The lowest BCUT2D eigenvalue weighted by Crippen LogP contribution is -2.46. The minimum Gasteiger partial charge on any atom is -0.385 e. The number of amidine groups is 1. The van der Waals surface area contributed by atoms with Gasteiger partial charge in [0.05, 0.1) is 6.61 Å². The number of halogens is 1. The van der Waals surface area contributed by atoms with Crippen molar-refractivity contribution in [3.8, 4) is 0 Å². The molecule has 0 aliphatic carbocycles. The predicted octanol–water partition coefficient (Wildman–Crippen LogP) is -0.325. The van der Waals surface area contributed by atoms with Crippen LogP contribution in [0.1, 0.15) is 0 Å². The van der Waals surface area contributed by atoms with E-state index < -0.39 is 0 Å². The Bertz CT molecular complexity index is 142. The van der Waals surface area contributed by atoms with Crippen LogP contribution in [0.25, 0.3) is 0 Å². The summed E-state index contributed by atoms with van der Waals surface area (Å²) in [6.07, 6.45) is -0.182. The molecular formula is C6H14ClN3O. The third-order valence-electron chi connectivity index (χ3n) is 1.62. The number of nitrogens with two attached hydrogens (primary N) is 1. The summed E-state index contributed by atoms with van der Waals surface area (Å²) in [5.41, 5.74) is 5.26. The van der Waals surface area contributed by atoms with Crippen LogP contribution in [0.5, 0.6) is 0 Å². The molecule has 0 saturated carbocycles. The number of hydrogen-bond donors (Lipinski definition) is 2. The molecule has 1 rings (SSSR count). The summed E-state index contributed by atoms with van der Waals surface area (Å²) in [5.74, 6) is 0.131. The molecule has 0 bridgehead atoms. The van der Waals surface area contributed by atoms with E-state index in [1.54, 1.807) is 0 Å². The molecule has 11 heavy (non-hydrogen) atoms. The summed E-state index contributed by atoms with van der Waals surface area (Å²) in [4.78, 5) is 2.11. The number of morpholine rings is 1. The molecule has 0 amide bonds. The molecule has 1 saturated heterocycles. The fourth-order valence-electron chi connectivity index (χ4n) is 0.966. The summed E-state index contributed by atoms with van der Waals surface area (Å²) < 4.78 is 5.22. The second-order valence-electron chi connectivity index (χ2n) is 2.58. The van der Waals surface area contributed by atoms with Gasteiger partial charge in [-0.2, -0.15) is 0 Å². The summed E-state index contributed by atoms with van der Waals surface area (Å²) in [5, 5.41) is 7.10. The van der Waals surface area contributed by atoms with Gasteiger partial charge in [-0.05, 0) is 7.05 Å². The monoisotopic (exact) mass is 179 g/mol. The second-order valence-corrected chi connectivity index (χ2v) is 2.58. The molecule has 0 spiro atoms. The third-order valence-corrected chi connectivity index (χ3v) is 1.62. The molecule has 66 valence electrons. The van der Waals surface area contributed by atoms with Crippen molar-refractivity contribution in [2.24, 2.45) is 5.73 Å².